The molecule has 1 aromatic rings. The first-order valence-electron chi connectivity index (χ1n) is 6.83. The summed E-state index contributed by atoms with van der Waals surface area (Å²) in [6.07, 6.45) is 2.34. The Morgan fingerprint density at radius 2 is 2.22 bits per heavy atom. The van der Waals surface area contributed by atoms with Gasteiger partial charge in [-0.2, -0.15) is 0 Å². The summed E-state index contributed by atoms with van der Waals surface area (Å²) in [5.41, 5.74) is 1.16. The predicted octanol–water partition coefficient (Wildman–Crippen LogP) is 2.79. The highest BCUT2D eigenvalue weighted by Gasteiger charge is 2.46. The lowest BCUT2D eigenvalue weighted by atomic mass is 9.91. The van der Waals surface area contributed by atoms with Gasteiger partial charge in [-0.1, -0.05) is 6.07 Å². The maximum absolute atomic E-state index is 13.5. The minimum atomic E-state index is -0.138. The molecule has 0 spiro atoms. The van der Waals surface area contributed by atoms with E-state index in [4.69, 9.17) is 0 Å². The van der Waals surface area contributed by atoms with E-state index >= 15 is 0 Å². The number of hydrogen-bond acceptors (Lipinski definition) is 2. The van der Waals surface area contributed by atoms with E-state index in [1.165, 1.54) is 12.5 Å². The van der Waals surface area contributed by atoms with Gasteiger partial charge in [0.05, 0.1) is 0 Å². The zero-order chi connectivity index (χ0) is 12.8. The zero-order valence-corrected chi connectivity index (χ0v) is 11.1. The lowest BCUT2D eigenvalue weighted by Gasteiger charge is -2.39. The topological polar surface area (TPSA) is 15.3 Å². The van der Waals surface area contributed by atoms with Gasteiger partial charge < -0.3 is 10.2 Å². The molecular formula is C15H21FN2. The van der Waals surface area contributed by atoms with Crippen molar-refractivity contribution in [2.24, 2.45) is 5.92 Å². The second-order valence-corrected chi connectivity index (χ2v) is 6.19. The molecule has 2 fully saturated rings. The van der Waals surface area contributed by atoms with Gasteiger partial charge in [0.1, 0.15) is 5.82 Å². The van der Waals surface area contributed by atoms with Crippen LogP contribution < -0.4 is 10.2 Å². The number of fused-ring (bicyclic) bond motifs is 1. The number of nitrogens with one attached hydrogen (secondary N) is 1. The quantitative estimate of drug-likeness (QED) is 0.822. The zero-order valence-electron chi connectivity index (χ0n) is 11.1. The monoisotopic (exact) mass is 248 g/mol. The molecule has 2 atom stereocenters. The van der Waals surface area contributed by atoms with E-state index in [2.05, 4.69) is 24.1 Å². The third-order valence-corrected chi connectivity index (χ3v) is 4.40. The fraction of sp³-hybridized carbons (Fsp3) is 0.600. The Bertz CT molecular complexity index is 444. The molecule has 98 valence electrons. The summed E-state index contributed by atoms with van der Waals surface area (Å²) in [5, 5.41) is 3.48. The lowest BCUT2D eigenvalue weighted by Crippen LogP contribution is -2.47. The summed E-state index contributed by atoms with van der Waals surface area (Å²) in [6, 6.07) is 7.60. The fourth-order valence-corrected chi connectivity index (χ4v) is 3.81. The summed E-state index contributed by atoms with van der Waals surface area (Å²) in [4.78, 5) is 2.45. The molecule has 0 bridgehead atoms. The minimum Gasteiger partial charge on any atom is -0.363 e. The standard InChI is InChI=1S/C15H21FN2/c1-15(2)9-11-10-17-7-6-14(11)18(15)13-5-3-4-12(16)8-13/h3-5,8,11,14,17H,6-7,9-10H2,1-2H3/t11-,14+/m1/s1. The lowest BCUT2D eigenvalue weighted by molar-refractivity contribution is 0.359. The summed E-state index contributed by atoms with van der Waals surface area (Å²) in [6.45, 7) is 6.72. The molecular weight excluding hydrogens is 227 g/mol. The molecule has 1 aromatic carbocycles. The Kier molecular flexibility index (Phi) is 2.81. The number of halogens is 1. The van der Waals surface area contributed by atoms with Gasteiger partial charge in [-0.3, -0.25) is 0 Å². The van der Waals surface area contributed by atoms with E-state index in [-0.39, 0.29) is 11.4 Å². The van der Waals surface area contributed by atoms with Crippen LogP contribution in [0.5, 0.6) is 0 Å². The number of nitrogens with zero attached hydrogens (tertiary/aromatic N) is 1. The molecule has 2 aliphatic heterocycles. The fourth-order valence-electron chi connectivity index (χ4n) is 3.81. The molecule has 0 amide bonds. The first-order valence-corrected chi connectivity index (χ1v) is 6.83. The SMILES string of the molecule is CC1(C)C[C@@H]2CNCC[C@@H]2N1c1cccc(F)c1. The third kappa shape index (κ3) is 1.91. The van der Waals surface area contributed by atoms with E-state index in [1.807, 2.05) is 12.1 Å². The van der Waals surface area contributed by atoms with E-state index in [0.29, 0.717) is 12.0 Å². The first-order chi connectivity index (χ1) is 8.58. The van der Waals surface area contributed by atoms with E-state index in [1.54, 1.807) is 6.07 Å². The maximum Gasteiger partial charge on any atom is 0.125 e. The molecule has 0 aromatic heterocycles. The van der Waals surface area contributed by atoms with Crippen molar-refractivity contribution < 1.29 is 4.39 Å². The smallest absolute Gasteiger partial charge is 0.125 e. The Balaban J connectivity index is 1.97. The third-order valence-electron chi connectivity index (χ3n) is 4.40. The van der Waals surface area contributed by atoms with E-state index in [9.17, 15) is 4.39 Å². The Hall–Kier alpha value is -1.09. The van der Waals surface area contributed by atoms with Gasteiger partial charge in [-0.15, -0.1) is 0 Å². The van der Waals surface area contributed by atoms with E-state index in [0.717, 1.165) is 25.2 Å². The van der Waals surface area contributed by atoms with Crippen molar-refractivity contribution in [3.8, 4) is 0 Å². The molecule has 0 unspecified atom stereocenters. The van der Waals surface area contributed by atoms with Crippen LogP contribution in [0.3, 0.4) is 0 Å². The number of anilines is 1. The Morgan fingerprint density at radius 1 is 1.39 bits per heavy atom. The van der Waals surface area contributed by atoms with Crippen molar-refractivity contribution in [2.75, 3.05) is 18.0 Å². The molecule has 0 saturated carbocycles. The number of rotatable bonds is 1. The van der Waals surface area contributed by atoms with Gasteiger partial charge in [0, 0.05) is 23.8 Å². The summed E-state index contributed by atoms with van der Waals surface area (Å²) < 4.78 is 13.5. The maximum atomic E-state index is 13.5. The normalized spacial score (nSPS) is 30.3. The Morgan fingerprint density at radius 3 is 3.00 bits per heavy atom. The summed E-state index contributed by atoms with van der Waals surface area (Å²) in [7, 11) is 0. The van der Waals surface area contributed by atoms with E-state index < -0.39 is 0 Å². The highest BCUT2D eigenvalue weighted by Crippen LogP contribution is 2.43. The highest BCUT2D eigenvalue weighted by atomic mass is 19.1. The predicted molar refractivity (Wildman–Crippen MR) is 72.3 cm³/mol. The van der Waals surface area contributed by atoms with Crippen LogP contribution in [0.15, 0.2) is 24.3 Å². The van der Waals surface area contributed by atoms with Crippen LogP contribution in [-0.4, -0.2) is 24.7 Å². The molecule has 3 heteroatoms. The van der Waals surface area contributed by atoms with Crippen LogP contribution in [0.25, 0.3) is 0 Å². The molecule has 2 saturated heterocycles. The molecule has 18 heavy (non-hydrogen) atoms. The van der Waals surface area contributed by atoms with Gasteiger partial charge in [0.2, 0.25) is 0 Å². The van der Waals surface area contributed by atoms with Crippen LogP contribution in [0.2, 0.25) is 0 Å². The highest BCUT2D eigenvalue weighted by molar-refractivity contribution is 5.52. The second kappa shape index (κ2) is 4.23. The van der Waals surface area contributed by atoms with Gasteiger partial charge in [0.25, 0.3) is 0 Å². The van der Waals surface area contributed by atoms with Crippen LogP contribution in [-0.2, 0) is 0 Å². The second-order valence-electron chi connectivity index (χ2n) is 6.19. The average Bonchev–Trinajstić information content (AvgIpc) is 2.58. The van der Waals surface area contributed by atoms with Crippen LogP contribution in [0, 0.1) is 11.7 Å². The van der Waals surface area contributed by atoms with Crippen LogP contribution >= 0.6 is 0 Å². The van der Waals surface area contributed by atoms with Gasteiger partial charge in [-0.05, 0) is 57.4 Å². The molecule has 0 aliphatic carbocycles. The first kappa shape index (κ1) is 12.0. The molecule has 2 nitrogen and oxygen atoms in total. The van der Waals surface area contributed by atoms with Crippen molar-refractivity contribution >= 4 is 5.69 Å². The molecule has 1 N–H and O–H groups in total. The van der Waals surface area contributed by atoms with Gasteiger partial charge in [-0.25, -0.2) is 4.39 Å². The van der Waals surface area contributed by atoms with Crippen LogP contribution in [0.1, 0.15) is 26.7 Å². The van der Waals surface area contributed by atoms with Crippen molar-refractivity contribution in [3.63, 3.8) is 0 Å². The van der Waals surface area contributed by atoms with Crippen molar-refractivity contribution in [2.45, 2.75) is 38.3 Å². The van der Waals surface area contributed by atoms with Crippen molar-refractivity contribution in [1.82, 2.24) is 5.32 Å². The van der Waals surface area contributed by atoms with Crippen molar-refractivity contribution in [3.05, 3.63) is 30.1 Å². The molecule has 2 aliphatic rings. The average molecular weight is 248 g/mol. The number of hydrogen-bond donors (Lipinski definition) is 1. The molecule has 3 rings (SSSR count). The largest absolute Gasteiger partial charge is 0.363 e. The van der Waals surface area contributed by atoms with Gasteiger partial charge in [0.15, 0.2) is 0 Å². The minimum absolute atomic E-state index is 0.120. The van der Waals surface area contributed by atoms with Crippen LogP contribution in [0.4, 0.5) is 10.1 Å². The van der Waals surface area contributed by atoms with Gasteiger partial charge >= 0.3 is 0 Å². The molecule has 2 heterocycles. The van der Waals surface area contributed by atoms with Crippen molar-refractivity contribution in [1.29, 1.82) is 0 Å². The number of piperidine rings is 1. The number of benzene rings is 1. The summed E-state index contributed by atoms with van der Waals surface area (Å²) in [5.74, 6) is 0.553. The molecule has 0 radical (unpaired) electrons. The summed E-state index contributed by atoms with van der Waals surface area (Å²) >= 11 is 0. The Labute approximate surface area is 108 Å².